The van der Waals surface area contributed by atoms with Gasteiger partial charge in [-0.15, -0.1) is 0 Å². The third kappa shape index (κ3) is 14.9. The number of halogens is 4. The molecule has 316 valence electrons. The van der Waals surface area contributed by atoms with E-state index in [2.05, 4.69) is 0 Å². The van der Waals surface area contributed by atoms with Gasteiger partial charge >= 0.3 is 26.5 Å². The van der Waals surface area contributed by atoms with E-state index in [9.17, 15) is 9.13 Å². The molecule has 0 saturated carbocycles. The zero-order chi connectivity index (χ0) is 42.7. The van der Waals surface area contributed by atoms with E-state index in [1.807, 2.05) is 27.7 Å². The van der Waals surface area contributed by atoms with Crippen molar-refractivity contribution in [3.05, 3.63) is 70.8 Å². The molecule has 14 heteroatoms. The molecule has 0 bridgehead atoms. The summed E-state index contributed by atoms with van der Waals surface area (Å²) in [5.41, 5.74) is -13.3. The highest BCUT2D eigenvalue weighted by Gasteiger charge is 2.59. The van der Waals surface area contributed by atoms with Gasteiger partial charge in [0, 0.05) is 16.5 Å². The zero-order valence-corrected chi connectivity index (χ0v) is 37.6. The fraction of sp³-hybridized carbons (Fsp3) is 0.707. The Labute approximate surface area is 327 Å². The van der Waals surface area contributed by atoms with Crippen molar-refractivity contribution in [3.8, 4) is 0 Å². The molecule has 0 spiro atoms. The predicted octanol–water partition coefficient (Wildman–Crippen LogP) is 13.1. The summed E-state index contributed by atoms with van der Waals surface area (Å²) < 4.78 is 126. The SMILES string of the molecule is CC(C)OCC(COC(C)C)(Cc1ccc(C(F)(F)P(=O)(OC(C)(C)C)OC(C)(C)C)cc1)Cc1ccc(C(F)(F)P(=O)(OC(C)(C)C)OC(C)(C)C)cc1. The molecule has 2 aromatic carbocycles. The van der Waals surface area contributed by atoms with E-state index >= 15 is 17.6 Å². The molecule has 2 aromatic rings. The molecule has 55 heavy (non-hydrogen) atoms. The summed E-state index contributed by atoms with van der Waals surface area (Å²) >= 11 is 0. The minimum Gasteiger partial charge on any atom is -0.378 e. The van der Waals surface area contributed by atoms with Gasteiger partial charge in [0.15, 0.2) is 0 Å². The average molecular weight is 825 g/mol. The molecule has 0 fully saturated rings. The van der Waals surface area contributed by atoms with Gasteiger partial charge in [0.2, 0.25) is 0 Å². The van der Waals surface area contributed by atoms with Crippen molar-refractivity contribution in [1.29, 1.82) is 0 Å². The normalized spacial score (nSPS) is 14.7. The van der Waals surface area contributed by atoms with Crippen LogP contribution in [-0.4, -0.2) is 47.8 Å². The summed E-state index contributed by atoms with van der Waals surface area (Å²) in [7, 11) is -10.1. The first-order valence-corrected chi connectivity index (χ1v) is 21.8. The Bertz CT molecular complexity index is 1450. The van der Waals surface area contributed by atoms with Gasteiger partial charge in [-0.25, -0.2) is 0 Å². The lowest BCUT2D eigenvalue weighted by Crippen LogP contribution is -2.39. The van der Waals surface area contributed by atoms with Crippen LogP contribution >= 0.6 is 15.2 Å². The molecule has 0 aromatic heterocycles. The molecule has 0 aliphatic heterocycles. The first-order valence-electron chi connectivity index (χ1n) is 18.7. The summed E-state index contributed by atoms with van der Waals surface area (Å²) in [6.07, 6.45) is 0.248. The van der Waals surface area contributed by atoms with Gasteiger partial charge < -0.3 is 9.47 Å². The lowest BCUT2D eigenvalue weighted by atomic mass is 9.77. The Morgan fingerprint density at radius 3 is 0.909 bits per heavy atom. The quantitative estimate of drug-likeness (QED) is 0.108. The average Bonchev–Trinajstić information content (AvgIpc) is 2.95. The Balaban J connectivity index is 2.61. The van der Waals surface area contributed by atoms with Crippen LogP contribution in [0, 0.1) is 5.41 Å². The number of ether oxygens (including phenoxy) is 2. The van der Waals surface area contributed by atoms with E-state index in [1.165, 1.54) is 132 Å². The second-order valence-corrected chi connectivity index (χ2v) is 22.7. The molecule has 0 heterocycles. The van der Waals surface area contributed by atoms with E-state index in [4.69, 9.17) is 27.6 Å². The monoisotopic (exact) mass is 824 g/mol. The standard InChI is InChI=1S/C41H66F4O8P2/c1-29(2)48-27-39(28-49-30(3)4,25-31-17-21-33(22-18-31)40(42,43)54(46,50-35(5,6)7)51-36(8,9)10)26-32-19-23-34(24-20-32)41(44,45)55(47,52-37(11,12)13)53-38(14,15)16/h17-24,29-30H,25-28H2,1-16H3. The highest BCUT2D eigenvalue weighted by atomic mass is 31.2. The van der Waals surface area contributed by atoms with Crippen molar-refractivity contribution in [1.82, 2.24) is 0 Å². The minimum absolute atomic E-state index is 0.167. The topological polar surface area (TPSA) is 89.5 Å². The van der Waals surface area contributed by atoms with Gasteiger partial charge in [-0.3, -0.25) is 27.2 Å². The third-order valence-electron chi connectivity index (χ3n) is 7.47. The summed E-state index contributed by atoms with van der Waals surface area (Å²) in [5, 5.41) is 0. The van der Waals surface area contributed by atoms with Crippen molar-refractivity contribution in [3.63, 3.8) is 0 Å². The van der Waals surface area contributed by atoms with E-state index in [0.29, 0.717) is 24.0 Å². The minimum atomic E-state index is -5.04. The summed E-state index contributed by atoms with van der Waals surface area (Å²) in [6.45, 7) is 26.3. The molecule has 0 N–H and O–H groups in total. The van der Waals surface area contributed by atoms with Gasteiger partial charge in [0.25, 0.3) is 0 Å². The molecule has 0 radical (unpaired) electrons. The second-order valence-electron chi connectivity index (χ2n) is 18.9. The highest BCUT2D eigenvalue weighted by molar-refractivity contribution is 7.55. The van der Waals surface area contributed by atoms with Gasteiger partial charge in [0.1, 0.15) is 0 Å². The summed E-state index contributed by atoms with van der Waals surface area (Å²) in [4.78, 5) is 0. The molecule has 8 nitrogen and oxygen atoms in total. The van der Waals surface area contributed by atoms with Crippen molar-refractivity contribution < 1.29 is 54.3 Å². The zero-order valence-electron chi connectivity index (χ0n) is 35.8. The summed E-state index contributed by atoms with van der Waals surface area (Å²) in [6, 6.07) is 11.0. The molecule has 0 unspecified atom stereocenters. The first kappa shape index (κ1) is 49.5. The van der Waals surface area contributed by atoms with Crippen LogP contribution in [0.25, 0.3) is 0 Å². The van der Waals surface area contributed by atoms with Gasteiger partial charge in [0.05, 0.1) is 47.8 Å². The molecule has 0 aliphatic carbocycles. The molecule has 0 amide bonds. The molecule has 0 aliphatic rings. The number of rotatable bonds is 18. The predicted molar refractivity (Wildman–Crippen MR) is 211 cm³/mol. The van der Waals surface area contributed by atoms with Gasteiger partial charge in [-0.05, 0) is 135 Å². The van der Waals surface area contributed by atoms with Crippen LogP contribution in [0.15, 0.2) is 48.5 Å². The maximum Gasteiger partial charge on any atom is 0.405 e. The molecular formula is C41H66F4O8P2. The Morgan fingerprint density at radius 2 is 0.709 bits per heavy atom. The van der Waals surface area contributed by atoms with Crippen LogP contribution < -0.4 is 0 Å². The second kappa shape index (κ2) is 17.7. The van der Waals surface area contributed by atoms with E-state index < -0.39 is 65.5 Å². The van der Waals surface area contributed by atoms with E-state index in [-0.39, 0.29) is 25.4 Å². The van der Waals surface area contributed by atoms with Crippen LogP contribution in [0.2, 0.25) is 0 Å². The fourth-order valence-electron chi connectivity index (χ4n) is 5.53. The van der Waals surface area contributed by atoms with Crippen LogP contribution in [0.1, 0.15) is 133 Å². The van der Waals surface area contributed by atoms with Gasteiger partial charge in [-0.2, -0.15) is 17.6 Å². The summed E-state index contributed by atoms with van der Waals surface area (Å²) in [5.74, 6) is 0. The van der Waals surface area contributed by atoms with E-state index in [0.717, 1.165) is 0 Å². The molecule has 0 atom stereocenters. The lowest BCUT2D eigenvalue weighted by Gasteiger charge is -2.37. The molecule has 2 rings (SSSR count). The largest absolute Gasteiger partial charge is 0.405 e. The Morgan fingerprint density at radius 1 is 0.473 bits per heavy atom. The van der Waals surface area contributed by atoms with Crippen molar-refractivity contribution in [2.24, 2.45) is 5.41 Å². The van der Waals surface area contributed by atoms with Crippen LogP contribution in [0.4, 0.5) is 17.6 Å². The number of alkyl halides is 4. The maximum atomic E-state index is 16.2. The lowest BCUT2D eigenvalue weighted by molar-refractivity contribution is -0.0559. The number of hydrogen-bond acceptors (Lipinski definition) is 8. The number of benzene rings is 2. The van der Waals surface area contributed by atoms with Crippen molar-refractivity contribution >= 4 is 15.2 Å². The van der Waals surface area contributed by atoms with Gasteiger partial charge in [-0.1, -0.05) is 48.5 Å². The van der Waals surface area contributed by atoms with Crippen molar-refractivity contribution in [2.45, 2.75) is 170 Å². The smallest absolute Gasteiger partial charge is 0.378 e. The molecular weight excluding hydrogens is 758 g/mol. The van der Waals surface area contributed by atoms with Crippen LogP contribution in [-0.2, 0) is 60.9 Å². The van der Waals surface area contributed by atoms with Crippen LogP contribution in [0.3, 0.4) is 0 Å². The fourth-order valence-corrected chi connectivity index (χ4v) is 9.88. The highest BCUT2D eigenvalue weighted by Crippen LogP contribution is 2.71. The Kier molecular flexibility index (Phi) is 15.9. The maximum absolute atomic E-state index is 16.2. The first-order chi connectivity index (χ1) is 24.5. The van der Waals surface area contributed by atoms with Crippen LogP contribution in [0.5, 0.6) is 0 Å². The molecule has 0 saturated heterocycles. The number of hydrogen-bond donors (Lipinski definition) is 0. The Hall–Kier alpha value is -1.62. The van der Waals surface area contributed by atoms with Crippen molar-refractivity contribution in [2.75, 3.05) is 13.2 Å². The van der Waals surface area contributed by atoms with E-state index in [1.54, 1.807) is 0 Å². The third-order valence-corrected chi connectivity index (χ3v) is 12.5.